The van der Waals surface area contributed by atoms with Crippen molar-refractivity contribution in [1.82, 2.24) is 0 Å². The molecule has 0 radical (unpaired) electrons. The summed E-state index contributed by atoms with van der Waals surface area (Å²) in [6.45, 7) is 2.06. The van der Waals surface area contributed by atoms with E-state index in [-0.39, 0.29) is 5.92 Å². The number of halogens is 2. The Morgan fingerprint density at radius 3 is 2.39 bits per heavy atom. The minimum atomic E-state index is -0.737. The molecule has 3 heteroatoms. The van der Waals surface area contributed by atoms with Crippen LogP contribution in [0, 0.1) is 28.9 Å². The van der Waals surface area contributed by atoms with Gasteiger partial charge in [-0.2, -0.15) is 5.26 Å². The van der Waals surface area contributed by atoms with Gasteiger partial charge in [0.1, 0.15) is 23.3 Å². The third-order valence-corrected chi connectivity index (χ3v) is 5.23. The molecule has 0 bridgehead atoms. The number of nitriles is 1. The standard InChI is InChI=1S/C20H21F2N/c1-2-3-13-4-5-15-9-16(7-6-14(15)8-13)17-10-19(21)18(12-23)20(22)11-17/h2-3,10-11,13,16H,4-9H2,1H3/b3-2+. The summed E-state index contributed by atoms with van der Waals surface area (Å²) < 4.78 is 27.7. The first kappa shape index (κ1) is 15.9. The molecule has 0 saturated carbocycles. The first-order valence-electron chi connectivity index (χ1n) is 8.34. The average Bonchev–Trinajstić information content (AvgIpc) is 2.54. The SMILES string of the molecule is C/C=C/C1CCC2=C(CCC(c3cc(F)c(C#N)c(F)c3)C2)C1. The minimum Gasteiger partial charge on any atom is -0.205 e. The molecule has 0 spiro atoms. The van der Waals surface area contributed by atoms with Gasteiger partial charge in [-0.05, 0) is 75.0 Å². The Morgan fingerprint density at radius 2 is 1.74 bits per heavy atom. The predicted octanol–water partition coefficient (Wildman–Crippen LogP) is 5.78. The van der Waals surface area contributed by atoms with E-state index in [0.717, 1.165) is 32.1 Å². The smallest absolute Gasteiger partial charge is 0.144 e. The molecule has 1 nitrogen and oxygen atoms in total. The second-order valence-electron chi connectivity index (χ2n) is 6.65. The Kier molecular flexibility index (Phi) is 4.61. The summed E-state index contributed by atoms with van der Waals surface area (Å²) in [5.74, 6) is -0.651. The molecule has 3 rings (SSSR count). The second-order valence-corrected chi connectivity index (χ2v) is 6.65. The third kappa shape index (κ3) is 3.22. The molecule has 2 atom stereocenters. The highest BCUT2D eigenvalue weighted by molar-refractivity contribution is 5.38. The van der Waals surface area contributed by atoms with Crippen molar-refractivity contribution >= 4 is 0 Å². The largest absolute Gasteiger partial charge is 0.205 e. The number of allylic oxidation sites excluding steroid dienone is 4. The van der Waals surface area contributed by atoms with Gasteiger partial charge in [0.2, 0.25) is 0 Å². The minimum absolute atomic E-state index is 0.170. The highest BCUT2D eigenvalue weighted by atomic mass is 19.1. The highest BCUT2D eigenvalue weighted by Gasteiger charge is 2.27. The van der Waals surface area contributed by atoms with Crippen LogP contribution >= 0.6 is 0 Å². The Bertz CT molecular complexity index is 686. The molecule has 0 saturated heterocycles. The summed E-state index contributed by atoms with van der Waals surface area (Å²) in [5, 5.41) is 8.78. The van der Waals surface area contributed by atoms with Crippen molar-refractivity contribution < 1.29 is 8.78 Å². The molecule has 0 heterocycles. The van der Waals surface area contributed by atoms with E-state index in [0.29, 0.717) is 11.5 Å². The van der Waals surface area contributed by atoms with Gasteiger partial charge in [0.05, 0.1) is 0 Å². The second kappa shape index (κ2) is 6.66. The zero-order valence-electron chi connectivity index (χ0n) is 13.4. The quantitative estimate of drug-likeness (QED) is 0.635. The monoisotopic (exact) mass is 313 g/mol. The van der Waals surface area contributed by atoms with Gasteiger partial charge in [-0.15, -0.1) is 0 Å². The van der Waals surface area contributed by atoms with E-state index >= 15 is 0 Å². The summed E-state index contributed by atoms with van der Waals surface area (Å²) in [5.41, 5.74) is 3.27. The molecule has 0 aromatic heterocycles. The van der Waals surface area contributed by atoms with Gasteiger partial charge in [-0.25, -0.2) is 8.78 Å². The number of rotatable bonds is 2. The van der Waals surface area contributed by atoms with Crippen LogP contribution in [0.3, 0.4) is 0 Å². The van der Waals surface area contributed by atoms with Crippen LogP contribution in [0.5, 0.6) is 0 Å². The maximum Gasteiger partial charge on any atom is 0.144 e. The third-order valence-electron chi connectivity index (χ3n) is 5.23. The van der Waals surface area contributed by atoms with Gasteiger partial charge in [-0.3, -0.25) is 0 Å². The number of nitrogens with zero attached hydrogens (tertiary/aromatic N) is 1. The van der Waals surface area contributed by atoms with Crippen LogP contribution in [0.15, 0.2) is 35.4 Å². The molecule has 0 N–H and O–H groups in total. The van der Waals surface area contributed by atoms with E-state index in [4.69, 9.17) is 5.26 Å². The Morgan fingerprint density at radius 1 is 1.09 bits per heavy atom. The summed E-state index contributed by atoms with van der Waals surface area (Å²) in [7, 11) is 0. The molecular formula is C20H21F2N. The summed E-state index contributed by atoms with van der Waals surface area (Å²) in [6.07, 6.45) is 10.7. The average molecular weight is 313 g/mol. The fourth-order valence-electron chi connectivity index (χ4n) is 4.03. The van der Waals surface area contributed by atoms with Crippen LogP contribution in [0.25, 0.3) is 0 Å². The molecule has 2 aliphatic rings. The van der Waals surface area contributed by atoms with Crippen molar-refractivity contribution in [3.63, 3.8) is 0 Å². The van der Waals surface area contributed by atoms with Crippen molar-refractivity contribution in [3.8, 4) is 6.07 Å². The normalized spacial score (nSPS) is 24.6. The lowest BCUT2D eigenvalue weighted by molar-refractivity contribution is 0.459. The predicted molar refractivity (Wildman–Crippen MR) is 86.8 cm³/mol. The Balaban J connectivity index is 1.80. The van der Waals surface area contributed by atoms with Crippen molar-refractivity contribution in [2.24, 2.45) is 5.92 Å². The van der Waals surface area contributed by atoms with Gasteiger partial charge in [-0.1, -0.05) is 23.3 Å². The maximum atomic E-state index is 13.9. The van der Waals surface area contributed by atoms with Gasteiger partial charge >= 0.3 is 0 Å². The van der Waals surface area contributed by atoms with Crippen LogP contribution in [-0.2, 0) is 0 Å². The molecule has 0 amide bonds. The first-order chi connectivity index (χ1) is 11.1. The molecule has 120 valence electrons. The molecule has 1 aromatic rings. The number of hydrogen-bond acceptors (Lipinski definition) is 1. The summed E-state index contributed by atoms with van der Waals surface area (Å²) in [4.78, 5) is 0. The maximum absolute atomic E-state index is 13.9. The molecule has 2 aliphatic carbocycles. The fraction of sp³-hybridized carbons (Fsp3) is 0.450. The Hall–Kier alpha value is -1.95. The Labute approximate surface area is 136 Å². The van der Waals surface area contributed by atoms with Crippen LogP contribution in [-0.4, -0.2) is 0 Å². The van der Waals surface area contributed by atoms with E-state index in [1.807, 2.05) is 0 Å². The number of benzene rings is 1. The number of hydrogen-bond donors (Lipinski definition) is 0. The van der Waals surface area contributed by atoms with Crippen LogP contribution < -0.4 is 0 Å². The summed E-state index contributed by atoms with van der Waals surface area (Å²) in [6, 6.07) is 4.29. The lowest BCUT2D eigenvalue weighted by Gasteiger charge is -2.33. The van der Waals surface area contributed by atoms with Gasteiger partial charge < -0.3 is 0 Å². The molecule has 0 aliphatic heterocycles. The van der Waals surface area contributed by atoms with Crippen molar-refractivity contribution in [2.75, 3.05) is 0 Å². The van der Waals surface area contributed by atoms with Crippen LogP contribution in [0.1, 0.15) is 62.5 Å². The summed E-state index contributed by atoms with van der Waals surface area (Å²) >= 11 is 0. The first-order valence-corrected chi connectivity index (χ1v) is 8.34. The lowest BCUT2D eigenvalue weighted by atomic mass is 9.72. The van der Waals surface area contributed by atoms with Gasteiger partial charge in [0.15, 0.2) is 0 Å². The lowest BCUT2D eigenvalue weighted by Crippen LogP contribution is -2.16. The van der Waals surface area contributed by atoms with E-state index in [9.17, 15) is 8.78 Å². The van der Waals surface area contributed by atoms with E-state index in [1.165, 1.54) is 24.1 Å². The van der Waals surface area contributed by atoms with E-state index in [2.05, 4.69) is 19.1 Å². The topological polar surface area (TPSA) is 23.8 Å². The van der Waals surface area contributed by atoms with Crippen molar-refractivity contribution in [1.29, 1.82) is 5.26 Å². The van der Waals surface area contributed by atoms with E-state index in [1.54, 1.807) is 11.6 Å². The van der Waals surface area contributed by atoms with Crippen molar-refractivity contribution in [2.45, 2.75) is 51.4 Å². The van der Waals surface area contributed by atoms with Gasteiger partial charge in [0.25, 0.3) is 0 Å². The van der Waals surface area contributed by atoms with Gasteiger partial charge in [0, 0.05) is 0 Å². The van der Waals surface area contributed by atoms with E-state index < -0.39 is 17.2 Å². The van der Waals surface area contributed by atoms with Crippen LogP contribution in [0.2, 0.25) is 0 Å². The zero-order chi connectivity index (χ0) is 16.4. The molecular weight excluding hydrogens is 292 g/mol. The fourth-order valence-corrected chi connectivity index (χ4v) is 4.03. The van der Waals surface area contributed by atoms with Crippen molar-refractivity contribution in [3.05, 3.63) is 58.2 Å². The van der Waals surface area contributed by atoms with Crippen LogP contribution in [0.4, 0.5) is 8.78 Å². The highest BCUT2D eigenvalue weighted by Crippen LogP contribution is 2.44. The molecule has 23 heavy (non-hydrogen) atoms. The molecule has 1 aromatic carbocycles. The molecule has 0 fully saturated rings. The molecule has 2 unspecified atom stereocenters. The zero-order valence-corrected chi connectivity index (χ0v) is 13.4.